The van der Waals surface area contributed by atoms with Crippen LogP contribution in [0.3, 0.4) is 0 Å². The summed E-state index contributed by atoms with van der Waals surface area (Å²) < 4.78 is 39.6. The molecule has 0 saturated carbocycles. The van der Waals surface area contributed by atoms with E-state index in [1.165, 1.54) is 0 Å². The molecule has 0 aliphatic carbocycles. The monoisotopic (exact) mass is 279 g/mol. The molecule has 0 saturated heterocycles. The van der Waals surface area contributed by atoms with Crippen LogP contribution in [0.2, 0.25) is 0 Å². The molecule has 19 heavy (non-hydrogen) atoms. The molecule has 0 radical (unpaired) electrons. The zero-order chi connectivity index (χ0) is 14.5. The number of nitrogens with one attached hydrogen (secondary N) is 1. The van der Waals surface area contributed by atoms with Crippen molar-refractivity contribution in [2.24, 2.45) is 16.8 Å². The second-order valence-electron chi connectivity index (χ2n) is 4.16. The summed E-state index contributed by atoms with van der Waals surface area (Å²) in [6.45, 7) is 1.69. The molecule has 1 rings (SSSR count). The number of nitrogens with zero attached hydrogens (tertiary/aromatic N) is 3. The lowest BCUT2D eigenvalue weighted by Crippen LogP contribution is -2.45. The van der Waals surface area contributed by atoms with Gasteiger partial charge < -0.3 is 16.3 Å². The van der Waals surface area contributed by atoms with Gasteiger partial charge in [0.1, 0.15) is 5.92 Å². The van der Waals surface area contributed by atoms with Crippen molar-refractivity contribution in [3.8, 4) is 0 Å². The summed E-state index contributed by atoms with van der Waals surface area (Å²) in [6, 6.07) is 1.48. The van der Waals surface area contributed by atoms with E-state index in [0.29, 0.717) is 6.54 Å². The molecule has 0 amide bonds. The molecule has 0 fully saturated rings. The van der Waals surface area contributed by atoms with Gasteiger partial charge in [0.25, 0.3) is 0 Å². The topological polar surface area (TPSA) is 88.5 Å². The van der Waals surface area contributed by atoms with Crippen LogP contribution in [0.4, 0.5) is 13.2 Å². The maximum atomic E-state index is 12.7. The van der Waals surface area contributed by atoms with Crippen LogP contribution < -0.4 is 11.1 Å². The summed E-state index contributed by atoms with van der Waals surface area (Å²) in [7, 11) is 0. The lowest BCUT2D eigenvalue weighted by molar-refractivity contribution is -0.155. The van der Waals surface area contributed by atoms with Gasteiger partial charge in [-0.3, -0.25) is 4.68 Å². The van der Waals surface area contributed by atoms with Crippen molar-refractivity contribution in [1.82, 2.24) is 15.1 Å². The van der Waals surface area contributed by atoms with Gasteiger partial charge in [-0.1, -0.05) is 5.16 Å². The minimum absolute atomic E-state index is 0.240. The average Bonchev–Trinajstić information content (AvgIpc) is 2.79. The molecule has 4 N–H and O–H groups in total. The van der Waals surface area contributed by atoms with Gasteiger partial charge in [0.2, 0.25) is 0 Å². The highest BCUT2D eigenvalue weighted by atomic mass is 19.4. The van der Waals surface area contributed by atoms with Crippen molar-refractivity contribution >= 4 is 5.84 Å². The van der Waals surface area contributed by atoms with E-state index in [2.05, 4.69) is 15.6 Å². The fourth-order valence-electron chi connectivity index (χ4n) is 1.53. The quantitative estimate of drug-likeness (QED) is 0.311. The first-order chi connectivity index (χ1) is 8.84. The molecular weight excluding hydrogens is 263 g/mol. The van der Waals surface area contributed by atoms with Gasteiger partial charge in [0.05, 0.1) is 6.54 Å². The maximum Gasteiger partial charge on any atom is 0.400 e. The number of hydrogen-bond acceptors (Lipinski definition) is 4. The van der Waals surface area contributed by atoms with Gasteiger partial charge in [-0.05, 0) is 13.0 Å². The second-order valence-corrected chi connectivity index (χ2v) is 4.16. The standard InChI is InChI=1S/C10H16F3N5O/c1-7(6-18-4-2-3-16-18)15-5-8(9(14)17-19)10(11,12)13/h2-4,7-8,15,19H,5-6H2,1H3,(H2,14,17). The Balaban J connectivity index is 2.52. The zero-order valence-corrected chi connectivity index (χ0v) is 10.3. The number of oxime groups is 1. The number of nitrogens with two attached hydrogens (primary N) is 1. The highest BCUT2D eigenvalue weighted by molar-refractivity contribution is 5.83. The Hall–Kier alpha value is -1.77. The zero-order valence-electron chi connectivity index (χ0n) is 10.3. The fraction of sp³-hybridized carbons (Fsp3) is 0.600. The van der Waals surface area contributed by atoms with Gasteiger partial charge in [-0.2, -0.15) is 18.3 Å². The molecule has 1 aromatic rings. The van der Waals surface area contributed by atoms with Crippen molar-refractivity contribution in [1.29, 1.82) is 0 Å². The highest BCUT2D eigenvalue weighted by Gasteiger charge is 2.42. The van der Waals surface area contributed by atoms with Crippen LogP contribution in [0, 0.1) is 5.92 Å². The summed E-state index contributed by atoms with van der Waals surface area (Å²) in [5, 5.41) is 17.4. The van der Waals surface area contributed by atoms with Crippen molar-refractivity contribution in [2.45, 2.75) is 25.7 Å². The fourth-order valence-corrected chi connectivity index (χ4v) is 1.53. The summed E-state index contributed by atoms with van der Waals surface area (Å²) in [5.74, 6) is -2.87. The Morgan fingerprint density at radius 2 is 2.26 bits per heavy atom. The van der Waals surface area contributed by atoms with Crippen LogP contribution in [-0.2, 0) is 6.54 Å². The average molecular weight is 279 g/mol. The molecule has 2 atom stereocenters. The molecule has 2 unspecified atom stereocenters. The van der Waals surface area contributed by atoms with Gasteiger partial charge >= 0.3 is 6.18 Å². The van der Waals surface area contributed by atoms with Crippen LogP contribution in [0.25, 0.3) is 0 Å². The van der Waals surface area contributed by atoms with E-state index in [0.717, 1.165) is 0 Å². The second kappa shape index (κ2) is 6.41. The predicted molar refractivity (Wildman–Crippen MR) is 62.6 cm³/mol. The minimum Gasteiger partial charge on any atom is -0.409 e. The summed E-state index contributed by atoms with van der Waals surface area (Å²) in [4.78, 5) is 0. The maximum absolute atomic E-state index is 12.7. The Morgan fingerprint density at radius 1 is 1.58 bits per heavy atom. The van der Waals surface area contributed by atoms with Gasteiger partial charge in [-0.15, -0.1) is 0 Å². The number of amidine groups is 1. The Kier molecular flexibility index (Phi) is 5.16. The smallest absolute Gasteiger partial charge is 0.400 e. The SMILES string of the molecule is CC(Cn1cccn1)NCC(/C(N)=N/O)C(F)(F)F. The van der Waals surface area contributed by atoms with E-state index in [9.17, 15) is 13.2 Å². The molecule has 0 aliphatic rings. The highest BCUT2D eigenvalue weighted by Crippen LogP contribution is 2.25. The van der Waals surface area contributed by atoms with Gasteiger partial charge in [-0.25, -0.2) is 0 Å². The van der Waals surface area contributed by atoms with Crippen LogP contribution in [0.5, 0.6) is 0 Å². The normalized spacial score (nSPS) is 16.3. The summed E-state index contributed by atoms with van der Waals surface area (Å²) >= 11 is 0. The van der Waals surface area contributed by atoms with E-state index >= 15 is 0 Å². The summed E-state index contributed by atoms with van der Waals surface area (Å²) in [5.41, 5.74) is 5.05. The Bertz CT molecular complexity index is 404. The summed E-state index contributed by atoms with van der Waals surface area (Å²) in [6.07, 6.45) is -1.26. The molecule has 0 bridgehead atoms. The molecule has 0 spiro atoms. The Labute approximate surface area is 108 Å². The van der Waals surface area contributed by atoms with Crippen LogP contribution in [0.1, 0.15) is 6.92 Å². The minimum atomic E-state index is -4.56. The largest absolute Gasteiger partial charge is 0.409 e. The van der Waals surface area contributed by atoms with Crippen molar-refractivity contribution in [3.05, 3.63) is 18.5 Å². The van der Waals surface area contributed by atoms with Crippen molar-refractivity contribution in [3.63, 3.8) is 0 Å². The first-order valence-corrected chi connectivity index (χ1v) is 5.59. The number of alkyl halides is 3. The van der Waals surface area contributed by atoms with Gasteiger partial charge in [0, 0.05) is 25.0 Å². The molecule has 6 nitrogen and oxygen atoms in total. The molecular formula is C10H16F3N5O. The number of halogens is 3. The van der Waals surface area contributed by atoms with E-state index in [1.54, 1.807) is 30.1 Å². The lowest BCUT2D eigenvalue weighted by Gasteiger charge is -2.22. The van der Waals surface area contributed by atoms with E-state index < -0.39 is 24.5 Å². The first kappa shape index (κ1) is 15.3. The van der Waals surface area contributed by atoms with Crippen LogP contribution in [0.15, 0.2) is 23.6 Å². The molecule has 0 aromatic carbocycles. The third-order valence-electron chi connectivity index (χ3n) is 2.56. The van der Waals surface area contributed by atoms with Gasteiger partial charge in [0.15, 0.2) is 5.84 Å². The molecule has 1 heterocycles. The number of rotatable bonds is 6. The lowest BCUT2D eigenvalue weighted by atomic mass is 10.1. The number of hydrogen-bond donors (Lipinski definition) is 3. The third kappa shape index (κ3) is 4.78. The van der Waals surface area contributed by atoms with E-state index in [1.807, 2.05) is 0 Å². The van der Waals surface area contributed by atoms with Crippen molar-refractivity contribution < 1.29 is 18.4 Å². The van der Waals surface area contributed by atoms with Crippen LogP contribution in [-0.4, -0.2) is 39.6 Å². The van der Waals surface area contributed by atoms with E-state index in [4.69, 9.17) is 10.9 Å². The van der Waals surface area contributed by atoms with E-state index in [-0.39, 0.29) is 6.04 Å². The Morgan fingerprint density at radius 3 is 2.74 bits per heavy atom. The first-order valence-electron chi connectivity index (χ1n) is 5.59. The molecule has 108 valence electrons. The molecule has 0 aliphatic heterocycles. The van der Waals surface area contributed by atoms with Crippen molar-refractivity contribution in [2.75, 3.05) is 6.54 Å². The molecule has 9 heteroatoms. The third-order valence-corrected chi connectivity index (χ3v) is 2.56. The molecule has 1 aromatic heterocycles. The predicted octanol–water partition coefficient (Wildman–Crippen LogP) is 0.786. The number of aromatic nitrogens is 2. The van der Waals surface area contributed by atoms with Crippen LogP contribution >= 0.6 is 0 Å².